The Hall–Kier alpha value is -1.03. The van der Waals surface area contributed by atoms with Crippen LogP contribution in [0.1, 0.15) is 64.6 Å². The van der Waals surface area contributed by atoms with Gasteiger partial charge in [-0.1, -0.05) is 19.3 Å². The molecule has 1 aromatic heterocycles. The lowest BCUT2D eigenvalue weighted by Crippen LogP contribution is -2.36. The summed E-state index contributed by atoms with van der Waals surface area (Å²) in [5.74, 6) is 0.994. The fourth-order valence-corrected chi connectivity index (χ4v) is 3.23. The van der Waals surface area contributed by atoms with Crippen LogP contribution in [0, 0.1) is 5.92 Å². The van der Waals surface area contributed by atoms with E-state index >= 15 is 0 Å². The summed E-state index contributed by atoms with van der Waals surface area (Å²) in [7, 11) is 1.64. The molecule has 4 heteroatoms. The van der Waals surface area contributed by atoms with Crippen LogP contribution in [-0.4, -0.2) is 22.0 Å². The fourth-order valence-electron chi connectivity index (χ4n) is 3.23. The lowest BCUT2D eigenvalue weighted by atomic mass is 9.76. The van der Waals surface area contributed by atoms with Gasteiger partial charge < -0.3 is 9.84 Å². The summed E-state index contributed by atoms with van der Waals surface area (Å²) in [5, 5.41) is 15.5. The summed E-state index contributed by atoms with van der Waals surface area (Å²) in [5.41, 5.74) is -0.0381. The maximum absolute atomic E-state index is 11.1. The summed E-state index contributed by atoms with van der Waals surface area (Å²) >= 11 is 0. The molecule has 1 fully saturated rings. The molecule has 1 aromatic rings. The molecule has 1 aliphatic rings. The van der Waals surface area contributed by atoms with Crippen LogP contribution in [0.3, 0.4) is 0 Å². The van der Waals surface area contributed by atoms with Crippen LogP contribution in [0.4, 0.5) is 0 Å². The second-order valence-corrected chi connectivity index (χ2v) is 6.08. The highest BCUT2D eigenvalue weighted by atomic mass is 16.5. The molecule has 0 spiro atoms. The van der Waals surface area contributed by atoms with E-state index in [4.69, 9.17) is 4.74 Å². The molecule has 1 atom stereocenters. The van der Waals surface area contributed by atoms with E-state index in [1.807, 2.05) is 11.6 Å². The predicted octanol–water partition coefficient (Wildman–Crippen LogP) is 3.26. The molecule has 108 valence electrons. The number of hydrogen-bond acceptors (Lipinski definition) is 3. The zero-order valence-corrected chi connectivity index (χ0v) is 12.5. The average molecular weight is 266 g/mol. The molecule has 0 bridgehead atoms. The van der Waals surface area contributed by atoms with Crippen molar-refractivity contribution < 1.29 is 9.84 Å². The van der Waals surface area contributed by atoms with E-state index in [1.54, 1.807) is 13.3 Å². The standard InChI is InChI=1S/C15H26N2O2/c1-11(2)17-14(13(19-4)10-16-17)15(3,18)12-8-6-5-7-9-12/h10-12,18H,5-9H2,1-4H3. The number of aromatic nitrogens is 2. The van der Waals surface area contributed by atoms with Crippen molar-refractivity contribution >= 4 is 0 Å². The second kappa shape index (κ2) is 5.53. The normalized spacial score (nSPS) is 20.5. The number of hydrogen-bond donors (Lipinski definition) is 1. The minimum Gasteiger partial charge on any atom is -0.493 e. The summed E-state index contributed by atoms with van der Waals surface area (Å²) in [4.78, 5) is 0. The first-order valence-corrected chi connectivity index (χ1v) is 7.32. The van der Waals surface area contributed by atoms with E-state index in [0.717, 1.165) is 18.5 Å². The van der Waals surface area contributed by atoms with Crippen LogP contribution in [0.2, 0.25) is 0 Å². The number of aliphatic hydroxyl groups is 1. The molecule has 19 heavy (non-hydrogen) atoms. The minimum atomic E-state index is -0.869. The highest BCUT2D eigenvalue weighted by Crippen LogP contribution is 2.42. The van der Waals surface area contributed by atoms with Crippen LogP contribution in [-0.2, 0) is 5.60 Å². The molecule has 0 radical (unpaired) electrons. The number of rotatable bonds is 4. The Labute approximate surface area is 115 Å². The van der Waals surface area contributed by atoms with E-state index < -0.39 is 5.60 Å². The zero-order valence-electron chi connectivity index (χ0n) is 12.5. The molecule has 0 saturated heterocycles. The van der Waals surface area contributed by atoms with Crippen molar-refractivity contribution in [2.24, 2.45) is 5.92 Å². The molecule has 4 nitrogen and oxygen atoms in total. The first-order valence-electron chi connectivity index (χ1n) is 7.32. The van der Waals surface area contributed by atoms with E-state index in [1.165, 1.54) is 19.3 Å². The molecule has 1 aliphatic carbocycles. The summed E-state index contributed by atoms with van der Waals surface area (Å²) in [6.07, 6.45) is 7.58. The van der Waals surface area contributed by atoms with Crippen LogP contribution >= 0.6 is 0 Å². The minimum absolute atomic E-state index is 0.217. The van der Waals surface area contributed by atoms with Gasteiger partial charge >= 0.3 is 0 Å². The third kappa shape index (κ3) is 2.64. The number of methoxy groups -OCH3 is 1. The Morgan fingerprint density at radius 1 is 1.37 bits per heavy atom. The Balaban J connectivity index is 2.39. The third-order valence-corrected chi connectivity index (χ3v) is 4.35. The van der Waals surface area contributed by atoms with Gasteiger partial charge in [-0.15, -0.1) is 0 Å². The number of nitrogens with zero attached hydrogens (tertiary/aromatic N) is 2. The molecule has 1 saturated carbocycles. The van der Waals surface area contributed by atoms with Crippen LogP contribution in [0.15, 0.2) is 6.20 Å². The summed E-state index contributed by atoms with van der Waals surface area (Å²) in [6, 6.07) is 0.217. The highest BCUT2D eigenvalue weighted by molar-refractivity contribution is 5.31. The molecule has 1 heterocycles. The molecule has 0 amide bonds. The Morgan fingerprint density at radius 2 is 2.00 bits per heavy atom. The Bertz CT molecular complexity index is 418. The van der Waals surface area contributed by atoms with Gasteiger partial charge in [0.25, 0.3) is 0 Å². The average Bonchev–Trinajstić information content (AvgIpc) is 2.84. The SMILES string of the molecule is COc1cnn(C(C)C)c1C(C)(O)C1CCCCC1. The second-order valence-electron chi connectivity index (χ2n) is 6.08. The zero-order chi connectivity index (χ0) is 14.0. The smallest absolute Gasteiger partial charge is 0.162 e. The molecule has 0 aromatic carbocycles. The van der Waals surface area contributed by atoms with Gasteiger partial charge in [0, 0.05) is 6.04 Å². The van der Waals surface area contributed by atoms with Crippen molar-refractivity contribution in [1.82, 2.24) is 9.78 Å². The summed E-state index contributed by atoms with van der Waals surface area (Å²) < 4.78 is 7.31. The monoisotopic (exact) mass is 266 g/mol. The molecular formula is C15H26N2O2. The van der Waals surface area contributed by atoms with Crippen molar-refractivity contribution in [2.75, 3.05) is 7.11 Å². The Morgan fingerprint density at radius 3 is 2.53 bits per heavy atom. The first-order chi connectivity index (χ1) is 8.98. The van der Waals surface area contributed by atoms with Gasteiger partial charge in [-0.2, -0.15) is 5.10 Å². The van der Waals surface area contributed by atoms with E-state index in [9.17, 15) is 5.11 Å². The quantitative estimate of drug-likeness (QED) is 0.910. The third-order valence-electron chi connectivity index (χ3n) is 4.35. The van der Waals surface area contributed by atoms with E-state index in [2.05, 4.69) is 18.9 Å². The number of ether oxygens (including phenoxy) is 1. The fraction of sp³-hybridized carbons (Fsp3) is 0.800. The largest absolute Gasteiger partial charge is 0.493 e. The molecular weight excluding hydrogens is 240 g/mol. The van der Waals surface area contributed by atoms with Crippen molar-refractivity contribution in [3.63, 3.8) is 0 Å². The van der Waals surface area contributed by atoms with Crippen molar-refractivity contribution in [1.29, 1.82) is 0 Å². The van der Waals surface area contributed by atoms with E-state index in [-0.39, 0.29) is 6.04 Å². The maximum Gasteiger partial charge on any atom is 0.162 e. The molecule has 1 unspecified atom stereocenters. The van der Waals surface area contributed by atoms with Gasteiger partial charge in [-0.05, 0) is 39.5 Å². The van der Waals surface area contributed by atoms with Gasteiger partial charge in [0.15, 0.2) is 5.75 Å². The van der Waals surface area contributed by atoms with Crippen LogP contribution in [0.25, 0.3) is 0 Å². The molecule has 2 rings (SSSR count). The van der Waals surface area contributed by atoms with Gasteiger partial charge in [-0.3, -0.25) is 4.68 Å². The van der Waals surface area contributed by atoms with Gasteiger partial charge in [0.05, 0.1) is 13.3 Å². The predicted molar refractivity (Wildman–Crippen MR) is 75.3 cm³/mol. The van der Waals surface area contributed by atoms with Crippen molar-refractivity contribution in [3.05, 3.63) is 11.9 Å². The first kappa shape index (κ1) is 14.4. The summed E-state index contributed by atoms with van der Waals surface area (Å²) in [6.45, 7) is 6.07. The van der Waals surface area contributed by atoms with Crippen molar-refractivity contribution in [2.45, 2.75) is 64.5 Å². The highest BCUT2D eigenvalue weighted by Gasteiger charge is 2.40. The Kier molecular flexibility index (Phi) is 4.19. The lowest BCUT2D eigenvalue weighted by Gasteiger charge is -2.36. The topological polar surface area (TPSA) is 47.3 Å². The van der Waals surface area contributed by atoms with Gasteiger partial charge in [-0.25, -0.2) is 0 Å². The van der Waals surface area contributed by atoms with Crippen LogP contribution in [0.5, 0.6) is 5.75 Å². The maximum atomic E-state index is 11.1. The lowest BCUT2D eigenvalue weighted by molar-refractivity contribution is -0.0313. The molecule has 0 aliphatic heterocycles. The van der Waals surface area contributed by atoms with Gasteiger partial charge in [0.1, 0.15) is 11.3 Å². The van der Waals surface area contributed by atoms with E-state index in [0.29, 0.717) is 11.7 Å². The van der Waals surface area contributed by atoms with Gasteiger partial charge in [0.2, 0.25) is 0 Å². The molecule has 1 N–H and O–H groups in total. The van der Waals surface area contributed by atoms with Crippen molar-refractivity contribution in [3.8, 4) is 5.75 Å². The van der Waals surface area contributed by atoms with Crippen LogP contribution < -0.4 is 4.74 Å².